The van der Waals surface area contributed by atoms with Crippen molar-refractivity contribution in [3.8, 4) is 0 Å². The molecule has 0 spiro atoms. The van der Waals surface area contributed by atoms with Crippen LogP contribution in [-0.2, 0) is 10.0 Å². The molecule has 2 aromatic rings. The van der Waals surface area contributed by atoms with E-state index in [0.717, 1.165) is 21.2 Å². The number of nitrogens with one attached hydrogen (secondary N) is 1. The van der Waals surface area contributed by atoms with Crippen molar-refractivity contribution in [2.45, 2.75) is 25.7 Å². The number of aryl methyl sites for hydroxylation is 3. The van der Waals surface area contributed by atoms with Crippen LogP contribution < -0.4 is 10.5 Å². The molecule has 4 nitrogen and oxygen atoms in total. The van der Waals surface area contributed by atoms with Crippen LogP contribution in [-0.4, -0.2) is 8.42 Å². The largest absolute Gasteiger partial charge is 0.398 e. The zero-order chi connectivity index (χ0) is 15.8. The lowest BCUT2D eigenvalue weighted by atomic mass is 10.1. The van der Waals surface area contributed by atoms with Gasteiger partial charge in [-0.15, -0.1) is 0 Å². The lowest BCUT2D eigenvalue weighted by Crippen LogP contribution is -2.15. The number of benzene rings is 2. The molecule has 0 bridgehead atoms. The number of halogens is 1. The number of nitrogens with two attached hydrogens (primary N) is 1. The minimum absolute atomic E-state index is 0.160. The van der Waals surface area contributed by atoms with Gasteiger partial charge in [0.15, 0.2) is 0 Å². The maximum atomic E-state index is 12.5. The lowest BCUT2D eigenvalue weighted by molar-refractivity contribution is 0.601. The molecule has 2 rings (SSSR count). The zero-order valence-corrected chi connectivity index (χ0v) is 14.5. The summed E-state index contributed by atoms with van der Waals surface area (Å²) in [6.45, 7) is 5.56. The second-order valence-corrected chi connectivity index (χ2v) is 7.64. The molecule has 0 radical (unpaired) electrons. The molecule has 0 aliphatic carbocycles. The highest BCUT2D eigenvalue weighted by atomic mass is 79.9. The van der Waals surface area contributed by atoms with Crippen LogP contribution in [0.5, 0.6) is 0 Å². The van der Waals surface area contributed by atoms with Crippen LogP contribution in [0.3, 0.4) is 0 Å². The van der Waals surface area contributed by atoms with E-state index < -0.39 is 10.0 Å². The highest BCUT2D eigenvalue weighted by molar-refractivity contribution is 9.10. The molecule has 0 atom stereocenters. The minimum atomic E-state index is -3.66. The van der Waals surface area contributed by atoms with Gasteiger partial charge in [0.1, 0.15) is 0 Å². The van der Waals surface area contributed by atoms with E-state index in [2.05, 4.69) is 20.7 Å². The van der Waals surface area contributed by atoms with Crippen molar-refractivity contribution in [1.29, 1.82) is 0 Å². The predicted molar refractivity (Wildman–Crippen MR) is 90.0 cm³/mol. The molecular formula is C15H17BrN2O2S. The zero-order valence-electron chi connectivity index (χ0n) is 12.1. The number of rotatable bonds is 3. The molecule has 3 N–H and O–H groups in total. The van der Waals surface area contributed by atoms with E-state index in [0.29, 0.717) is 11.4 Å². The summed E-state index contributed by atoms with van der Waals surface area (Å²) in [4.78, 5) is 0.160. The molecule has 0 heterocycles. The van der Waals surface area contributed by atoms with E-state index in [1.807, 2.05) is 32.9 Å². The summed E-state index contributed by atoms with van der Waals surface area (Å²) in [6.07, 6.45) is 0. The summed E-state index contributed by atoms with van der Waals surface area (Å²) in [5.74, 6) is 0. The third-order valence-corrected chi connectivity index (χ3v) is 5.10. The molecule has 0 aromatic heterocycles. The van der Waals surface area contributed by atoms with Crippen LogP contribution in [0.1, 0.15) is 16.7 Å². The molecule has 0 amide bonds. The quantitative estimate of drug-likeness (QED) is 0.810. The van der Waals surface area contributed by atoms with Gasteiger partial charge in [-0.05, 0) is 61.7 Å². The molecule has 2 aromatic carbocycles. The monoisotopic (exact) mass is 368 g/mol. The normalized spacial score (nSPS) is 11.4. The summed E-state index contributed by atoms with van der Waals surface area (Å²) in [5.41, 5.74) is 9.40. The van der Waals surface area contributed by atoms with Crippen LogP contribution >= 0.6 is 15.9 Å². The first-order valence-corrected chi connectivity index (χ1v) is 8.64. The van der Waals surface area contributed by atoms with Crippen LogP contribution in [0.4, 0.5) is 11.4 Å². The number of hydrogen-bond acceptors (Lipinski definition) is 3. The van der Waals surface area contributed by atoms with Crippen molar-refractivity contribution in [2.75, 3.05) is 10.5 Å². The van der Waals surface area contributed by atoms with Gasteiger partial charge in [-0.25, -0.2) is 8.42 Å². The second kappa shape index (κ2) is 5.69. The molecule has 0 fully saturated rings. The summed E-state index contributed by atoms with van der Waals surface area (Å²) in [7, 11) is -3.66. The van der Waals surface area contributed by atoms with Gasteiger partial charge >= 0.3 is 0 Å². The fourth-order valence-corrected chi connectivity index (χ4v) is 3.98. The average molecular weight is 369 g/mol. The van der Waals surface area contributed by atoms with Crippen molar-refractivity contribution in [3.63, 3.8) is 0 Å². The van der Waals surface area contributed by atoms with E-state index in [9.17, 15) is 8.42 Å². The molecule has 0 saturated heterocycles. The van der Waals surface area contributed by atoms with E-state index in [-0.39, 0.29) is 4.90 Å². The van der Waals surface area contributed by atoms with E-state index in [4.69, 9.17) is 5.73 Å². The van der Waals surface area contributed by atoms with Gasteiger partial charge in [0.25, 0.3) is 10.0 Å². The Morgan fingerprint density at radius 1 is 1.00 bits per heavy atom. The van der Waals surface area contributed by atoms with Crippen LogP contribution in [0.15, 0.2) is 39.7 Å². The predicted octanol–water partition coefficient (Wildman–Crippen LogP) is 3.76. The van der Waals surface area contributed by atoms with Crippen LogP contribution in [0, 0.1) is 20.8 Å². The molecule has 0 saturated carbocycles. The van der Waals surface area contributed by atoms with E-state index in [1.165, 1.54) is 6.07 Å². The summed E-state index contributed by atoms with van der Waals surface area (Å²) >= 11 is 3.40. The number of hydrogen-bond donors (Lipinski definition) is 2. The van der Waals surface area contributed by atoms with Crippen molar-refractivity contribution in [3.05, 3.63) is 51.5 Å². The Hall–Kier alpha value is -1.53. The summed E-state index contributed by atoms with van der Waals surface area (Å²) in [5, 5.41) is 0. The first-order chi connectivity index (χ1) is 9.70. The van der Waals surface area contributed by atoms with E-state index >= 15 is 0 Å². The lowest BCUT2D eigenvalue weighted by Gasteiger charge is -2.14. The van der Waals surface area contributed by atoms with Gasteiger partial charge in [-0.3, -0.25) is 4.72 Å². The Morgan fingerprint density at radius 3 is 2.10 bits per heavy atom. The summed E-state index contributed by atoms with van der Waals surface area (Å²) < 4.78 is 28.5. The first kappa shape index (κ1) is 15.9. The van der Waals surface area contributed by atoms with Gasteiger partial charge in [-0.1, -0.05) is 22.0 Å². The van der Waals surface area contributed by atoms with Crippen molar-refractivity contribution >= 4 is 37.3 Å². The standard InChI is InChI=1S/C15H17BrN2O2S/c1-9-4-5-13(8-14(9)17)21(19,20)18-15-10(2)6-12(16)7-11(15)3/h4-8,18H,17H2,1-3H3. The minimum Gasteiger partial charge on any atom is -0.398 e. The smallest absolute Gasteiger partial charge is 0.261 e. The topological polar surface area (TPSA) is 72.2 Å². The number of sulfonamides is 1. The van der Waals surface area contributed by atoms with Crippen molar-refractivity contribution in [2.24, 2.45) is 0 Å². The third-order valence-electron chi connectivity index (χ3n) is 3.29. The number of nitrogen functional groups attached to an aromatic ring is 1. The molecule has 0 unspecified atom stereocenters. The number of anilines is 2. The van der Waals surface area contributed by atoms with Crippen molar-refractivity contribution in [1.82, 2.24) is 0 Å². The SMILES string of the molecule is Cc1ccc(S(=O)(=O)Nc2c(C)cc(Br)cc2C)cc1N. The van der Waals surface area contributed by atoms with Gasteiger partial charge in [0.05, 0.1) is 10.6 Å². The highest BCUT2D eigenvalue weighted by Gasteiger charge is 2.17. The van der Waals surface area contributed by atoms with Gasteiger partial charge in [-0.2, -0.15) is 0 Å². The fourth-order valence-electron chi connectivity index (χ4n) is 2.05. The second-order valence-electron chi connectivity index (χ2n) is 5.04. The Bertz CT molecular complexity index is 778. The van der Waals surface area contributed by atoms with Gasteiger partial charge < -0.3 is 5.73 Å². The molecule has 0 aliphatic heterocycles. The first-order valence-electron chi connectivity index (χ1n) is 6.36. The maximum Gasteiger partial charge on any atom is 0.261 e. The fraction of sp³-hybridized carbons (Fsp3) is 0.200. The Morgan fingerprint density at radius 2 is 1.57 bits per heavy atom. The molecule has 6 heteroatoms. The molecular weight excluding hydrogens is 352 g/mol. The Balaban J connectivity index is 2.44. The highest BCUT2D eigenvalue weighted by Crippen LogP contribution is 2.28. The molecule has 21 heavy (non-hydrogen) atoms. The van der Waals surface area contributed by atoms with Gasteiger partial charge in [0.2, 0.25) is 0 Å². The Labute approximate surface area is 133 Å². The maximum absolute atomic E-state index is 12.5. The van der Waals surface area contributed by atoms with Crippen LogP contribution in [0.25, 0.3) is 0 Å². The Kier molecular flexibility index (Phi) is 4.30. The average Bonchev–Trinajstić information content (AvgIpc) is 2.37. The third kappa shape index (κ3) is 3.39. The van der Waals surface area contributed by atoms with Crippen LogP contribution in [0.2, 0.25) is 0 Å². The molecule has 112 valence electrons. The molecule has 0 aliphatic rings. The van der Waals surface area contributed by atoms with Gasteiger partial charge in [0, 0.05) is 10.2 Å². The van der Waals surface area contributed by atoms with E-state index in [1.54, 1.807) is 12.1 Å². The van der Waals surface area contributed by atoms with Crippen molar-refractivity contribution < 1.29 is 8.42 Å². The summed E-state index contributed by atoms with van der Waals surface area (Å²) in [6, 6.07) is 8.46.